The minimum absolute atomic E-state index is 0.299. The van der Waals surface area contributed by atoms with Crippen molar-refractivity contribution in [2.24, 2.45) is 7.05 Å². The van der Waals surface area contributed by atoms with Crippen LogP contribution in [0.5, 0.6) is 0 Å². The van der Waals surface area contributed by atoms with Gasteiger partial charge in [0.05, 0.1) is 11.1 Å². The molecule has 0 unspecified atom stereocenters. The monoisotopic (exact) mass is 322 g/mol. The van der Waals surface area contributed by atoms with Crippen LogP contribution in [-0.4, -0.2) is 43.2 Å². The maximum absolute atomic E-state index is 12.1. The third-order valence-electron chi connectivity index (χ3n) is 3.33. The molecule has 120 valence electrons. The molecule has 0 aliphatic carbocycles. The molecule has 1 aromatic heterocycles. The van der Waals surface area contributed by atoms with E-state index in [0.717, 1.165) is 17.7 Å². The maximum atomic E-state index is 12.1. The third-order valence-corrected chi connectivity index (χ3v) is 4.80. The predicted octanol–water partition coefficient (Wildman–Crippen LogP) is 1.14. The molecule has 2 aromatic rings. The number of nitrogens with zero attached hydrogens (tertiary/aromatic N) is 3. The lowest BCUT2D eigenvalue weighted by molar-refractivity contribution is 0.332. The van der Waals surface area contributed by atoms with Crippen LogP contribution >= 0.6 is 0 Å². The Labute approximate surface area is 131 Å². The minimum atomic E-state index is -3.43. The summed E-state index contributed by atoms with van der Waals surface area (Å²) in [5.74, 6) is 0. The first kappa shape index (κ1) is 16.7. The van der Waals surface area contributed by atoms with Crippen molar-refractivity contribution >= 4 is 10.0 Å². The van der Waals surface area contributed by atoms with Crippen LogP contribution in [0.3, 0.4) is 0 Å². The zero-order chi connectivity index (χ0) is 16.2. The molecule has 6 nitrogen and oxygen atoms in total. The summed E-state index contributed by atoms with van der Waals surface area (Å²) >= 11 is 0. The Kier molecular flexibility index (Phi) is 5.33. The fourth-order valence-electron chi connectivity index (χ4n) is 2.12. The zero-order valence-corrected chi connectivity index (χ0v) is 14.0. The van der Waals surface area contributed by atoms with Crippen LogP contribution in [0.1, 0.15) is 11.1 Å². The molecule has 0 aliphatic rings. The highest BCUT2D eigenvalue weighted by Gasteiger charge is 2.13. The van der Waals surface area contributed by atoms with Crippen molar-refractivity contribution < 1.29 is 8.42 Å². The lowest BCUT2D eigenvalue weighted by Crippen LogP contribution is -2.32. The van der Waals surface area contributed by atoms with E-state index in [2.05, 4.69) is 14.7 Å². The van der Waals surface area contributed by atoms with E-state index in [4.69, 9.17) is 0 Å². The number of aromatic nitrogens is 2. The van der Waals surface area contributed by atoms with E-state index in [-0.39, 0.29) is 0 Å². The molecule has 2 rings (SSSR count). The van der Waals surface area contributed by atoms with E-state index in [9.17, 15) is 8.42 Å². The van der Waals surface area contributed by atoms with Gasteiger partial charge in [0.15, 0.2) is 0 Å². The Hall–Kier alpha value is -1.70. The molecule has 0 fully saturated rings. The van der Waals surface area contributed by atoms with E-state index < -0.39 is 10.0 Å². The molecule has 1 heterocycles. The van der Waals surface area contributed by atoms with Crippen LogP contribution < -0.4 is 4.72 Å². The molecule has 0 bridgehead atoms. The largest absolute Gasteiger partial charge is 0.301 e. The Balaban J connectivity index is 1.83. The van der Waals surface area contributed by atoms with Crippen molar-refractivity contribution in [1.29, 1.82) is 0 Å². The quantitative estimate of drug-likeness (QED) is 0.830. The van der Waals surface area contributed by atoms with Crippen LogP contribution in [0.15, 0.2) is 41.6 Å². The highest BCUT2D eigenvalue weighted by atomic mass is 32.2. The summed E-state index contributed by atoms with van der Waals surface area (Å²) in [6, 6.07) is 6.83. The molecule has 0 saturated carbocycles. The van der Waals surface area contributed by atoms with Crippen molar-refractivity contribution in [3.05, 3.63) is 47.8 Å². The number of nitrogens with one attached hydrogen (secondary N) is 1. The second kappa shape index (κ2) is 7.04. The third kappa shape index (κ3) is 4.66. The second-order valence-electron chi connectivity index (χ2n) is 5.47. The van der Waals surface area contributed by atoms with Crippen LogP contribution in [-0.2, 0) is 23.6 Å². The highest BCUT2D eigenvalue weighted by molar-refractivity contribution is 7.89. The van der Waals surface area contributed by atoms with Crippen LogP contribution in [0.25, 0.3) is 0 Å². The summed E-state index contributed by atoms with van der Waals surface area (Å²) in [6.07, 6.45) is 3.76. The first-order valence-electron chi connectivity index (χ1n) is 7.09. The summed E-state index contributed by atoms with van der Waals surface area (Å²) in [7, 11) is 0.391. The highest BCUT2D eigenvalue weighted by Crippen LogP contribution is 2.09. The van der Waals surface area contributed by atoms with Gasteiger partial charge in [-0.25, -0.2) is 13.1 Å². The van der Waals surface area contributed by atoms with Gasteiger partial charge in [0.1, 0.15) is 0 Å². The van der Waals surface area contributed by atoms with Crippen molar-refractivity contribution in [2.75, 3.05) is 20.1 Å². The smallest absolute Gasteiger partial charge is 0.240 e. The number of hydrogen-bond donors (Lipinski definition) is 1. The molecule has 1 aromatic carbocycles. The van der Waals surface area contributed by atoms with Crippen LogP contribution in [0, 0.1) is 6.92 Å². The van der Waals surface area contributed by atoms with E-state index >= 15 is 0 Å². The SMILES string of the molecule is Cc1ccc(S(=O)(=O)NCCN(C)Cc2cnn(C)c2)cc1. The molecular formula is C15H22N4O2S. The Morgan fingerprint density at radius 1 is 1.27 bits per heavy atom. The number of rotatable bonds is 7. The van der Waals surface area contributed by atoms with E-state index in [1.165, 1.54) is 0 Å². The normalized spacial score (nSPS) is 12.0. The van der Waals surface area contributed by atoms with Gasteiger partial charge < -0.3 is 4.90 Å². The first-order chi connectivity index (χ1) is 10.4. The number of aryl methyl sites for hydroxylation is 2. The minimum Gasteiger partial charge on any atom is -0.301 e. The molecule has 0 atom stereocenters. The van der Waals surface area contributed by atoms with Gasteiger partial charge in [0, 0.05) is 38.4 Å². The molecule has 0 aliphatic heterocycles. The van der Waals surface area contributed by atoms with Crippen molar-refractivity contribution in [3.8, 4) is 0 Å². The molecule has 0 radical (unpaired) electrons. The molecular weight excluding hydrogens is 300 g/mol. The van der Waals surface area contributed by atoms with Crippen LogP contribution in [0.4, 0.5) is 0 Å². The predicted molar refractivity (Wildman–Crippen MR) is 85.9 cm³/mol. The van der Waals surface area contributed by atoms with Crippen LogP contribution in [0.2, 0.25) is 0 Å². The zero-order valence-electron chi connectivity index (χ0n) is 13.2. The molecule has 22 heavy (non-hydrogen) atoms. The Morgan fingerprint density at radius 2 is 1.95 bits per heavy atom. The van der Waals surface area contributed by atoms with Gasteiger partial charge in [-0.15, -0.1) is 0 Å². The topological polar surface area (TPSA) is 67.2 Å². The Bertz CT molecular complexity index is 707. The summed E-state index contributed by atoms with van der Waals surface area (Å²) in [5, 5.41) is 4.11. The van der Waals surface area contributed by atoms with Gasteiger partial charge >= 0.3 is 0 Å². The summed E-state index contributed by atoms with van der Waals surface area (Å²) < 4.78 is 28.7. The first-order valence-corrected chi connectivity index (χ1v) is 8.57. The molecule has 7 heteroatoms. The molecule has 0 saturated heterocycles. The molecule has 1 N–H and O–H groups in total. The number of benzene rings is 1. The standard InChI is InChI=1S/C15H22N4O2S/c1-13-4-6-15(7-5-13)22(20,21)17-8-9-18(2)11-14-10-16-19(3)12-14/h4-7,10,12,17H,8-9,11H2,1-3H3. The maximum Gasteiger partial charge on any atom is 0.240 e. The van der Waals surface area contributed by atoms with Gasteiger partial charge in [-0.1, -0.05) is 17.7 Å². The van der Waals surface area contributed by atoms with Gasteiger partial charge in [-0.05, 0) is 26.1 Å². The van der Waals surface area contributed by atoms with Gasteiger partial charge in [-0.2, -0.15) is 5.10 Å². The van der Waals surface area contributed by atoms with E-state index in [0.29, 0.717) is 18.0 Å². The van der Waals surface area contributed by atoms with Gasteiger partial charge in [-0.3, -0.25) is 4.68 Å². The van der Waals surface area contributed by atoms with Crippen molar-refractivity contribution in [3.63, 3.8) is 0 Å². The van der Waals surface area contributed by atoms with Gasteiger partial charge in [0.25, 0.3) is 0 Å². The van der Waals surface area contributed by atoms with Crippen molar-refractivity contribution in [2.45, 2.75) is 18.4 Å². The molecule has 0 amide bonds. The fraction of sp³-hybridized carbons (Fsp3) is 0.400. The lowest BCUT2D eigenvalue weighted by Gasteiger charge is -2.16. The Morgan fingerprint density at radius 3 is 2.55 bits per heavy atom. The summed E-state index contributed by atoms with van der Waals surface area (Å²) in [4.78, 5) is 2.35. The fourth-order valence-corrected chi connectivity index (χ4v) is 3.14. The molecule has 0 spiro atoms. The van der Waals surface area contributed by atoms with E-state index in [1.807, 2.05) is 33.4 Å². The van der Waals surface area contributed by atoms with E-state index in [1.54, 1.807) is 28.9 Å². The summed E-state index contributed by atoms with van der Waals surface area (Å²) in [5.41, 5.74) is 2.14. The summed E-state index contributed by atoms with van der Waals surface area (Å²) in [6.45, 7) is 3.66. The number of likely N-dealkylation sites (N-methyl/N-ethyl adjacent to an activating group) is 1. The second-order valence-corrected chi connectivity index (χ2v) is 7.24. The number of hydrogen-bond acceptors (Lipinski definition) is 4. The van der Waals surface area contributed by atoms with Gasteiger partial charge in [0.2, 0.25) is 10.0 Å². The number of sulfonamides is 1. The lowest BCUT2D eigenvalue weighted by atomic mass is 10.2. The average molecular weight is 322 g/mol. The van der Waals surface area contributed by atoms with Crippen molar-refractivity contribution in [1.82, 2.24) is 19.4 Å². The average Bonchev–Trinajstić information content (AvgIpc) is 2.84.